The molecule has 0 aliphatic carbocycles. The summed E-state index contributed by atoms with van der Waals surface area (Å²) in [6.45, 7) is 7.48. The third kappa shape index (κ3) is 3.90. The molecule has 0 unspecified atom stereocenters. The van der Waals surface area contributed by atoms with Gasteiger partial charge >= 0.3 is 0 Å². The van der Waals surface area contributed by atoms with Crippen LogP contribution in [0.15, 0.2) is 47.5 Å². The third-order valence-corrected chi connectivity index (χ3v) is 5.89. The first kappa shape index (κ1) is 21.3. The molecule has 0 fully saturated rings. The summed E-state index contributed by atoms with van der Waals surface area (Å²) in [6.07, 6.45) is 4.22. The zero-order valence-corrected chi connectivity index (χ0v) is 19.0. The van der Waals surface area contributed by atoms with Gasteiger partial charge in [-0.2, -0.15) is 0 Å². The minimum atomic E-state index is -1.20. The van der Waals surface area contributed by atoms with Gasteiger partial charge in [-0.25, -0.2) is 24.3 Å². The Bertz CT molecular complexity index is 1400. The highest BCUT2D eigenvalue weighted by Crippen LogP contribution is 2.25. The van der Waals surface area contributed by atoms with Crippen molar-refractivity contribution in [3.8, 4) is 5.82 Å². The van der Waals surface area contributed by atoms with Crippen LogP contribution in [0.25, 0.3) is 16.7 Å². The van der Waals surface area contributed by atoms with Crippen LogP contribution in [0.5, 0.6) is 0 Å². The lowest BCUT2D eigenvalue weighted by Crippen LogP contribution is -2.24. The van der Waals surface area contributed by atoms with Crippen LogP contribution >= 0.6 is 0 Å². The summed E-state index contributed by atoms with van der Waals surface area (Å²) in [6, 6.07) is 9.92. The average Bonchev–Trinajstić information content (AvgIpc) is 3.09. The van der Waals surface area contributed by atoms with Gasteiger partial charge in [0, 0.05) is 43.3 Å². The second-order valence-corrected chi connectivity index (χ2v) is 8.75. The van der Waals surface area contributed by atoms with Crippen molar-refractivity contribution in [1.29, 1.82) is 0 Å². The van der Waals surface area contributed by atoms with E-state index in [0.29, 0.717) is 29.1 Å². The molecular formula is C24H27N7O2. The van der Waals surface area contributed by atoms with Crippen LogP contribution in [0.4, 0.5) is 11.5 Å². The quantitative estimate of drug-likeness (QED) is 0.433. The van der Waals surface area contributed by atoms with Crippen molar-refractivity contribution in [3.63, 3.8) is 0 Å². The van der Waals surface area contributed by atoms with Gasteiger partial charge in [0.05, 0.1) is 10.9 Å². The SMILES string of the molecule is CCn1c(=O)c2cnc(Nc3ccc4c(c3)CNCC4)cc2n1-c1ccnc(C(C)(C)O)n1. The standard InChI is InChI=1S/C24H27N7O2/c1-4-30-22(32)18-14-27-20(28-17-6-5-15-7-9-25-13-16(15)11-17)12-19(18)31(30)21-8-10-26-23(29-21)24(2,3)33/h5-6,8,10-12,14,25,33H,4,7,9,13H2,1-3H3,(H,27,28). The Hall–Kier alpha value is -3.56. The second-order valence-electron chi connectivity index (χ2n) is 8.75. The van der Waals surface area contributed by atoms with Crippen LogP contribution in [-0.2, 0) is 25.1 Å². The van der Waals surface area contributed by atoms with Crippen LogP contribution in [0.3, 0.4) is 0 Å². The maximum absolute atomic E-state index is 13.0. The van der Waals surface area contributed by atoms with Crippen molar-refractivity contribution in [2.24, 2.45) is 0 Å². The summed E-state index contributed by atoms with van der Waals surface area (Å²) in [5.41, 5.74) is 2.92. The molecule has 33 heavy (non-hydrogen) atoms. The Morgan fingerprint density at radius 2 is 2.03 bits per heavy atom. The number of aliphatic hydroxyl groups is 1. The van der Waals surface area contributed by atoms with Crippen LogP contribution < -0.4 is 16.2 Å². The molecule has 0 spiro atoms. The number of nitrogens with one attached hydrogen (secondary N) is 2. The van der Waals surface area contributed by atoms with Gasteiger partial charge in [-0.15, -0.1) is 0 Å². The molecule has 170 valence electrons. The monoisotopic (exact) mass is 445 g/mol. The van der Waals surface area contributed by atoms with E-state index in [1.807, 2.05) is 13.0 Å². The van der Waals surface area contributed by atoms with Gasteiger partial charge in [-0.05, 0) is 57.0 Å². The van der Waals surface area contributed by atoms with E-state index in [0.717, 1.165) is 25.2 Å². The maximum atomic E-state index is 13.0. The van der Waals surface area contributed by atoms with Gasteiger partial charge in [0.15, 0.2) is 11.6 Å². The Morgan fingerprint density at radius 1 is 1.18 bits per heavy atom. The van der Waals surface area contributed by atoms with Crippen molar-refractivity contribution in [3.05, 3.63) is 70.0 Å². The predicted molar refractivity (Wildman–Crippen MR) is 127 cm³/mol. The molecule has 3 N–H and O–H groups in total. The van der Waals surface area contributed by atoms with Crippen molar-refractivity contribution in [2.45, 2.75) is 45.9 Å². The third-order valence-electron chi connectivity index (χ3n) is 5.89. The van der Waals surface area contributed by atoms with Gasteiger partial charge in [0.2, 0.25) is 0 Å². The number of aromatic nitrogens is 5. The molecule has 9 heteroatoms. The molecule has 1 aromatic carbocycles. The summed E-state index contributed by atoms with van der Waals surface area (Å²) in [5, 5.41) is 17.6. The lowest BCUT2D eigenvalue weighted by molar-refractivity contribution is 0.0686. The second kappa shape index (κ2) is 8.09. The minimum absolute atomic E-state index is 0.144. The van der Waals surface area contributed by atoms with Crippen molar-refractivity contribution < 1.29 is 5.11 Å². The molecule has 0 saturated heterocycles. The first-order valence-corrected chi connectivity index (χ1v) is 11.1. The molecule has 0 atom stereocenters. The molecule has 0 bridgehead atoms. The molecule has 4 aromatic rings. The molecule has 0 saturated carbocycles. The predicted octanol–water partition coefficient (Wildman–Crippen LogP) is 2.61. The van der Waals surface area contributed by atoms with E-state index in [4.69, 9.17) is 0 Å². The van der Waals surface area contributed by atoms with E-state index in [-0.39, 0.29) is 11.4 Å². The first-order chi connectivity index (χ1) is 15.8. The smallest absolute Gasteiger partial charge is 0.276 e. The van der Waals surface area contributed by atoms with Gasteiger partial charge in [-0.1, -0.05) is 6.07 Å². The fourth-order valence-electron chi connectivity index (χ4n) is 4.21. The van der Waals surface area contributed by atoms with Crippen LogP contribution in [0.2, 0.25) is 0 Å². The van der Waals surface area contributed by atoms with Crippen molar-refractivity contribution in [1.82, 2.24) is 29.6 Å². The number of fused-ring (bicyclic) bond motifs is 2. The number of hydrogen-bond acceptors (Lipinski definition) is 7. The van der Waals surface area contributed by atoms with Gasteiger partial charge in [0.25, 0.3) is 5.56 Å². The number of benzene rings is 1. The number of nitrogens with zero attached hydrogens (tertiary/aromatic N) is 5. The molecule has 1 aliphatic heterocycles. The van der Waals surface area contributed by atoms with Gasteiger partial charge in [-0.3, -0.25) is 4.79 Å². The van der Waals surface area contributed by atoms with Crippen LogP contribution in [0.1, 0.15) is 37.7 Å². The maximum Gasteiger partial charge on any atom is 0.276 e. The molecule has 3 aromatic heterocycles. The van der Waals surface area contributed by atoms with E-state index >= 15 is 0 Å². The summed E-state index contributed by atoms with van der Waals surface area (Å²) in [4.78, 5) is 26.3. The highest BCUT2D eigenvalue weighted by molar-refractivity contribution is 5.82. The summed E-state index contributed by atoms with van der Waals surface area (Å²) in [5.74, 6) is 1.42. The Kier molecular flexibility index (Phi) is 5.22. The van der Waals surface area contributed by atoms with E-state index in [1.54, 1.807) is 41.7 Å². The van der Waals surface area contributed by atoms with Crippen LogP contribution in [-0.4, -0.2) is 36.0 Å². The Balaban J connectivity index is 1.60. The molecule has 9 nitrogen and oxygen atoms in total. The van der Waals surface area contributed by atoms with Crippen molar-refractivity contribution in [2.75, 3.05) is 11.9 Å². The van der Waals surface area contributed by atoms with E-state index in [9.17, 15) is 9.90 Å². The van der Waals surface area contributed by atoms with Crippen molar-refractivity contribution >= 4 is 22.4 Å². The molecule has 1 aliphatic rings. The molecule has 4 heterocycles. The summed E-state index contributed by atoms with van der Waals surface area (Å²) >= 11 is 0. The topological polar surface area (TPSA) is 110 Å². The molecular weight excluding hydrogens is 418 g/mol. The number of anilines is 2. The zero-order chi connectivity index (χ0) is 23.2. The fourth-order valence-corrected chi connectivity index (χ4v) is 4.21. The molecule has 5 rings (SSSR count). The normalized spacial score (nSPS) is 13.8. The minimum Gasteiger partial charge on any atom is -0.382 e. The van der Waals surface area contributed by atoms with E-state index in [2.05, 4.69) is 43.8 Å². The van der Waals surface area contributed by atoms with E-state index in [1.165, 1.54) is 11.1 Å². The highest BCUT2D eigenvalue weighted by Gasteiger charge is 2.22. The summed E-state index contributed by atoms with van der Waals surface area (Å²) < 4.78 is 3.37. The first-order valence-electron chi connectivity index (χ1n) is 11.1. The largest absolute Gasteiger partial charge is 0.382 e. The number of rotatable bonds is 5. The lowest BCUT2D eigenvalue weighted by atomic mass is 10.0. The highest BCUT2D eigenvalue weighted by atomic mass is 16.3. The van der Waals surface area contributed by atoms with Crippen LogP contribution in [0, 0.1) is 0 Å². The fraction of sp³-hybridized carbons (Fsp3) is 0.333. The van der Waals surface area contributed by atoms with E-state index < -0.39 is 5.60 Å². The zero-order valence-electron chi connectivity index (χ0n) is 19.0. The Labute approximate surface area is 191 Å². The molecule has 0 radical (unpaired) electrons. The van der Waals surface area contributed by atoms with Gasteiger partial charge in [0.1, 0.15) is 11.4 Å². The average molecular weight is 446 g/mol. The van der Waals surface area contributed by atoms with Gasteiger partial charge < -0.3 is 15.7 Å². The number of pyridine rings is 1. The summed E-state index contributed by atoms with van der Waals surface area (Å²) in [7, 11) is 0. The lowest BCUT2D eigenvalue weighted by Gasteiger charge is -2.18. The number of hydrogen-bond donors (Lipinski definition) is 3. The Morgan fingerprint density at radius 3 is 2.82 bits per heavy atom. The molecule has 0 amide bonds.